The minimum Gasteiger partial charge on any atom is -0.435 e. The van der Waals surface area contributed by atoms with E-state index in [0.29, 0.717) is 23.7 Å². The molecule has 5 rings (SSSR count). The molecule has 0 radical (unpaired) electrons. The lowest BCUT2D eigenvalue weighted by molar-refractivity contribution is -0.0498. The van der Waals surface area contributed by atoms with Gasteiger partial charge in [0.2, 0.25) is 0 Å². The molecule has 0 fully saturated rings. The molecule has 1 aromatic heterocycles. The summed E-state index contributed by atoms with van der Waals surface area (Å²) in [6.45, 7) is -2.47. The van der Waals surface area contributed by atoms with Gasteiger partial charge in [0.1, 0.15) is 17.5 Å². The van der Waals surface area contributed by atoms with Gasteiger partial charge in [-0.3, -0.25) is 4.90 Å². The summed E-state index contributed by atoms with van der Waals surface area (Å²) in [4.78, 5) is 18.6. The van der Waals surface area contributed by atoms with Gasteiger partial charge >= 0.3 is 12.7 Å². The largest absolute Gasteiger partial charge is 0.435 e. The van der Waals surface area contributed by atoms with Crippen LogP contribution in [0, 0.1) is 0 Å². The smallest absolute Gasteiger partial charge is 0.416 e. The number of nitrogens with one attached hydrogen (secondary N) is 1. The van der Waals surface area contributed by atoms with E-state index in [1.165, 1.54) is 12.1 Å². The summed E-state index contributed by atoms with van der Waals surface area (Å²) in [6.07, 6.45) is 5.36. The molecule has 2 atom stereocenters. The van der Waals surface area contributed by atoms with Crippen LogP contribution < -0.4 is 20.0 Å². The molecule has 2 heterocycles. The van der Waals surface area contributed by atoms with Gasteiger partial charge in [-0.2, -0.15) is 8.78 Å². The first kappa shape index (κ1) is 22.9. The maximum Gasteiger partial charge on any atom is 0.416 e. The Morgan fingerprint density at radius 2 is 1.82 bits per heavy atom. The number of H-pyrrole nitrogens is 1. The molecule has 5 nitrogen and oxygen atoms in total. The Morgan fingerprint density at radius 1 is 1.12 bits per heavy atom. The summed E-state index contributed by atoms with van der Waals surface area (Å²) in [5, 5.41) is 2.70. The van der Waals surface area contributed by atoms with Crippen molar-refractivity contribution in [3.8, 4) is 11.5 Å². The average molecular weight is 550 g/mol. The van der Waals surface area contributed by atoms with Gasteiger partial charge < -0.3 is 14.5 Å². The van der Waals surface area contributed by atoms with Crippen molar-refractivity contribution in [2.24, 2.45) is 0 Å². The lowest BCUT2D eigenvalue weighted by Crippen LogP contribution is -2.43. The third-order valence-electron chi connectivity index (χ3n) is 5.97. The van der Waals surface area contributed by atoms with E-state index in [0.717, 1.165) is 33.8 Å². The predicted octanol–water partition coefficient (Wildman–Crippen LogP) is 5.14. The number of aromatic nitrogens is 1. The number of amides is 1. The van der Waals surface area contributed by atoms with Gasteiger partial charge in [0.25, 0.3) is 0 Å². The highest BCUT2D eigenvalue weighted by Crippen LogP contribution is 2.34. The number of ether oxygens (including phenoxy) is 2. The molecule has 3 aromatic rings. The van der Waals surface area contributed by atoms with E-state index in [-0.39, 0.29) is 10.6 Å². The molecule has 9 heteroatoms. The first-order chi connectivity index (χ1) is 16.4. The van der Waals surface area contributed by atoms with Crippen molar-refractivity contribution < 1.29 is 23.0 Å². The number of benzene rings is 2. The number of aromatic amines is 1. The summed E-state index contributed by atoms with van der Waals surface area (Å²) in [5.74, 6) is 0.439. The molecule has 0 bridgehead atoms. The monoisotopic (exact) mass is 548 g/mol. The van der Waals surface area contributed by atoms with Crippen LogP contribution in [0.15, 0.2) is 48.5 Å². The zero-order valence-electron chi connectivity index (χ0n) is 17.8. The summed E-state index contributed by atoms with van der Waals surface area (Å²) < 4.78 is 35.4. The molecular weight excluding hydrogens is 530 g/mol. The maximum atomic E-state index is 13.3. The molecule has 0 spiro atoms. The summed E-state index contributed by atoms with van der Waals surface area (Å²) in [6, 6.07) is 12.4. The Kier molecular flexibility index (Phi) is 6.36. The van der Waals surface area contributed by atoms with Crippen molar-refractivity contribution in [1.29, 1.82) is 0 Å². The number of nitrogens with zero attached hydrogens (tertiary/aromatic N) is 1. The lowest BCUT2D eigenvalue weighted by atomic mass is 9.93. The minimum atomic E-state index is -2.91. The summed E-state index contributed by atoms with van der Waals surface area (Å²) in [5.41, 5.74) is 2.80. The van der Waals surface area contributed by atoms with E-state index in [9.17, 15) is 13.6 Å². The van der Waals surface area contributed by atoms with Crippen LogP contribution in [0.5, 0.6) is 11.5 Å². The van der Waals surface area contributed by atoms with E-state index in [2.05, 4.69) is 37.8 Å². The van der Waals surface area contributed by atoms with Crippen molar-refractivity contribution in [1.82, 2.24) is 9.88 Å². The highest BCUT2D eigenvalue weighted by Gasteiger charge is 2.35. The van der Waals surface area contributed by atoms with Gasteiger partial charge in [0.05, 0.1) is 0 Å². The number of alkyl halides is 3. The van der Waals surface area contributed by atoms with Gasteiger partial charge in [0.15, 0.2) is 0 Å². The fourth-order valence-corrected chi connectivity index (χ4v) is 5.07. The van der Waals surface area contributed by atoms with Crippen molar-refractivity contribution >= 4 is 45.8 Å². The number of carbonyl (C=O) groups is 1. The van der Waals surface area contributed by atoms with E-state index < -0.39 is 18.7 Å². The quantitative estimate of drug-likeness (QED) is 0.459. The molecule has 2 aliphatic rings. The fourth-order valence-electron chi connectivity index (χ4n) is 4.50. The number of hydrogen-bond acceptors (Lipinski definition) is 3. The van der Waals surface area contributed by atoms with Gasteiger partial charge in [0, 0.05) is 27.4 Å². The van der Waals surface area contributed by atoms with Crippen molar-refractivity contribution in [2.45, 2.75) is 30.3 Å². The maximum absolute atomic E-state index is 13.3. The predicted molar refractivity (Wildman–Crippen MR) is 129 cm³/mol. The Morgan fingerprint density at radius 3 is 2.53 bits per heavy atom. The first-order valence-corrected chi connectivity index (χ1v) is 12.0. The third kappa shape index (κ3) is 4.57. The second kappa shape index (κ2) is 9.43. The van der Waals surface area contributed by atoms with E-state index in [4.69, 9.17) is 16.3 Å². The molecule has 1 aliphatic carbocycles. The highest BCUT2D eigenvalue weighted by atomic mass is 79.9. The van der Waals surface area contributed by atoms with Crippen LogP contribution in [0.2, 0.25) is 5.02 Å². The van der Waals surface area contributed by atoms with Crippen LogP contribution in [-0.4, -0.2) is 34.0 Å². The molecule has 2 unspecified atom stereocenters. The Hall–Kier alpha value is -2.84. The molecule has 176 valence electrons. The number of carbonyl (C=O) groups excluding carboxylic acids is 1. The average Bonchev–Trinajstić information content (AvgIpc) is 3.17. The molecular formula is C25H20BrClF2N2O3. The van der Waals surface area contributed by atoms with Gasteiger partial charge in [-0.05, 0) is 71.7 Å². The molecule has 1 N–H and O–H groups in total. The second-order valence-electron chi connectivity index (χ2n) is 8.08. The standard InChI is InChI=1S/C25H20BrClF2N2O3/c26-15-3-10-19-20-11-12-31(25(32)34-18-8-4-16(27)5-9-18)23(22(20)30-21(19)13-15)14-1-6-17(7-2-14)33-24(28)29/h1-2,4-10,13,15,23-24,30H,3,11-12H2. The van der Waals surface area contributed by atoms with Crippen LogP contribution in [0.3, 0.4) is 0 Å². The molecule has 0 saturated heterocycles. The van der Waals surface area contributed by atoms with Crippen LogP contribution in [0.25, 0.3) is 12.2 Å². The zero-order chi connectivity index (χ0) is 23.8. The van der Waals surface area contributed by atoms with Crippen LogP contribution in [-0.2, 0) is 6.42 Å². The number of rotatable bonds is 4. The number of fused-ring (bicyclic) bond motifs is 3. The van der Waals surface area contributed by atoms with E-state index in [1.54, 1.807) is 41.3 Å². The zero-order valence-corrected chi connectivity index (χ0v) is 20.2. The first-order valence-electron chi connectivity index (χ1n) is 10.7. The number of hydrogen-bond donors (Lipinski definition) is 1. The van der Waals surface area contributed by atoms with Gasteiger partial charge in [-0.15, -0.1) is 0 Å². The normalized spacial score (nSPS) is 19.0. The fraction of sp³-hybridized carbons (Fsp3) is 0.240. The van der Waals surface area contributed by atoms with E-state index in [1.807, 2.05) is 0 Å². The summed E-state index contributed by atoms with van der Waals surface area (Å²) >= 11 is 9.58. The SMILES string of the molecule is O=C(Oc1ccc(Cl)cc1)N1CCc2c([nH]c3c2=CCC(Br)C=3)C1c1ccc(OC(F)F)cc1. The van der Waals surface area contributed by atoms with Gasteiger partial charge in [-0.25, -0.2) is 4.79 Å². The van der Waals surface area contributed by atoms with Gasteiger partial charge in [-0.1, -0.05) is 45.7 Å². The Bertz CT molecular complexity index is 1330. The van der Waals surface area contributed by atoms with Crippen LogP contribution in [0.1, 0.15) is 29.3 Å². The molecule has 0 saturated carbocycles. The highest BCUT2D eigenvalue weighted by molar-refractivity contribution is 9.09. The van der Waals surface area contributed by atoms with E-state index >= 15 is 0 Å². The van der Waals surface area contributed by atoms with Crippen molar-refractivity contribution in [2.75, 3.05) is 6.54 Å². The van der Waals surface area contributed by atoms with Crippen LogP contribution in [0.4, 0.5) is 13.6 Å². The third-order valence-corrected chi connectivity index (χ3v) is 6.86. The van der Waals surface area contributed by atoms with Crippen molar-refractivity contribution in [3.63, 3.8) is 0 Å². The topological polar surface area (TPSA) is 54.6 Å². The molecule has 2 aromatic carbocycles. The lowest BCUT2D eigenvalue weighted by Gasteiger charge is -2.35. The Balaban J connectivity index is 1.54. The second-order valence-corrected chi connectivity index (χ2v) is 9.70. The molecule has 1 aliphatic heterocycles. The van der Waals surface area contributed by atoms with Crippen LogP contribution >= 0.6 is 27.5 Å². The summed E-state index contributed by atoms with van der Waals surface area (Å²) in [7, 11) is 0. The molecule has 1 amide bonds. The Labute approximate surface area is 207 Å². The minimum absolute atomic E-state index is 0.0552. The van der Waals surface area contributed by atoms with Crippen molar-refractivity contribution in [3.05, 3.63) is 80.9 Å². The molecule has 34 heavy (non-hydrogen) atoms. The number of halogens is 4.